The van der Waals surface area contributed by atoms with Gasteiger partial charge in [-0.25, -0.2) is 4.39 Å². The third kappa shape index (κ3) is 2.36. The minimum absolute atomic E-state index is 0.0548. The molecule has 0 aliphatic heterocycles. The highest BCUT2D eigenvalue weighted by Crippen LogP contribution is 2.37. The largest absolute Gasteiger partial charge is 0.361 e. The monoisotopic (exact) mass is 273 g/mol. The Morgan fingerprint density at radius 3 is 2.70 bits per heavy atom. The van der Waals surface area contributed by atoms with Gasteiger partial charge in [-0.1, -0.05) is 33.6 Å². The van der Waals surface area contributed by atoms with Crippen molar-refractivity contribution in [3.05, 3.63) is 35.3 Å². The highest BCUT2D eigenvalue weighted by molar-refractivity contribution is 5.87. The van der Waals surface area contributed by atoms with E-state index < -0.39 is 0 Å². The van der Waals surface area contributed by atoms with Gasteiger partial charge in [-0.3, -0.25) is 0 Å². The number of halogens is 1. The van der Waals surface area contributed by atoms with Gasteiger partial charge in [0.2, 0.25) is 0 Å². The summed E-state index contributed by atoms with van der Waals surface area (Å²) in [6, 6.07) is 3.59. The van der Waals surface area contributed by atoms with E-state index in [1.165, 1.54) is 23.8 Å². The number of aryl methyl sites for hydroxylation is 1. The molecule has 108 valence electrons. The van der Waals surface area contributed by atoms with Gasteiger partial charge in [0, 0.05) is 17.1 Å². The van der Waals surface area contributed by atoms with E-state index in [1.54, 1.807) is 6.07 Å². The summed E-state index contributed by atoms with van der Waals surface area (Å²) < 4.78 is 14.2. The quantitative estimate of drug-likeness (QED) is 0.757. The lowest BCUT2D eigenvalue weighted by Crippen LogP contribution is -2.14. The van der Waals surface area contributed by atoms with Gasteiger partial charge in [0.05, 0.1) is 5.52 Å². The molecular weight excluding hydrogens is 249 g/mol. The minimum atomic E-state index is -0.0548. The van der Waals surface area contributed by atoms with Gasteiger partial charge in [0.15, 0.2) is 0 Å². The van der Waals surface area contributed by atoms with Gasteiger partial charge in [0.1, 0.15) is 5.82 Å². The van der Waals surface area contributed by atoms with Gasteiger partial charge in [-0.2, -0.15) is 0 Å². The van der Waals surface area contributed by atoms with Gasteiger partial charge in [0.25, 0.3) is 0 Å². The standard InChI is InChI=1S/C18H24FN/c1-4-18(2,3)15-11-20-17-13(15)9-10-16(19)14(17)8-7-12-5-6-12/h9-12,20H,4-8H2,1-3H3. The van der Waals surface area contributed by atoms with Crippen molar-refractivity contribution in [2.45, 2.75) is 58.3 Å². The molecule has 1 N–H and O–H groups in total. The average molecular weight is 273 g/mol. The molecule has 0 bridgehead atoms. The summed E-state index contributed by atoms with van der Waals surface area (Å²) >= 11 is 0. The molecule has 1 nitrogen and oxygen atoms in total. The predicted molar refractivity (Wildman–Crippen MR) is 82.6 cm³/mol. The van der Waals surface area contributed by atoms with Crippen molar-refractivity contribution in [3.8, 4) is 0 Å². The summed E-state index contributed by atoms with van der Waals surface area (Å²) in [7, 11) is 0. The van der Waals surface area contributed by atoms with Crippen molar-refractivity contribution in [2.75, 3.05) is 0 Å². The Balaban J connectivity index is 2.03. The Kier molecular flexibility index (Phi) is 3.35. The van der Waals surface area contributed by atoms with E-state index in [4.69, 9.17) is 0 Å². The van der Waals surface area contributed by atoms with Crippen LogP contribution in [-0.4, -0.2) is 4.98 Å². The number of aromatic nitrogens is 1. The lowest BCUT2D eigenvalue weighted by Gasteiger charge is -2.22. The molecule has 1 aliphatic rings. The Morgan fingerprint density at radius 1 is 1.30 bits per heavy atom. The second kappa shape index (κ2) is 4.91. The van der Waals surface area contributed by atoms with Crippen molar-refractivity contribution in [3.63, 3.8) is 0 Å². The van der Waals surface area contributed by atoms with Crippen LogP contribution >= 0.6 is 0 Å². The zero-order chi connectivity index (χ0) is 14.3. The number of aromatic amines is 1. The highest BCUT2D eigenvalue weighted by atomic mass is 19.1. The van der Waals surface area contributed by atoms with Crippen LogP contribution in [0.15, 0.2) is 18.3 Å². The third-order valence-corrected chi connectivity index (χ3v) is 5.02. The van der Waals surface area contributed by atoms with Crippen LogP contribution in [0.2, 0.25) is 0 Å². The zero-order valence-corrected chi connectivity index (χ0v) is 12.7. The number of benzene rings is 1. The number of H-pyrrole nitrogens is 1. The van der Waals surface area contributed by atoms with Crippen LogP contribution in [-0.2, 0) is 11.8 Å². The summed E-state index contributed by atoms with van der Waals surface area (Å²) in [6.07, 6.45) is 7.80. The molecule has 2 aromatic rings. The number of nitrogens with one attached hydrogen (secondary N) is 1. The van der Waals surface area contributed by atoms with Crippen LogP contribution < -0.4 is 0 Å². The molecule has 1 aromatic heterocycles. The molecule has 0 spiro atoms. The fraction of sp³-hybridized carbons (Fsp3) is 0.556. The fourth-order valence-corrected chi connectivity index (χ4v) is 2.98. The van der Waals surface area contributed by atoms with Crippen molar-refractivity contribution in [2.24, 2.45) is 5.92 Å². The molecule has 1 saturated carbocycles. The van der Waals surface area contributed by atoms with E-state index in [9.17, 15) is 4.39 Å². The summed E-state index contributed by atoms with van der Waals surface area (Å²) in [5, 5.41) is 1.20. The Bertz CT molecular complexity index is 620. The molecule has 0 atom stereocenters. The molecule has 1 aromatic carbocycles. The Labute approximate surface area is 120 Å². The first-order valence-electron chi connectivity index (χ1n) is 7.82. The maximum atomic E-state index is 14.2. The van der Waals surface area contributed by atoms with E-state index >= 15 is 0 Å². The highest BCUT2D eigenvalue weighted by Gasteiger charge is 2.25. The Hall–Kier alpha value is -1.31. The van der Waals surface area contributed by atoms with Crippen LogP contribution in [0.4, 0.5) is 4.39 Å². The van der Waals surface area contributed by atoms with Gasteiger partial charge >= 0.3 is 0 Å². The number of fused-ring (bicyclic) bond motifs is 1. The smallest absolute Gasteiger partial charge is 0.128 e. The molecule has 1 aliphatic carbocycles. The van der Waals surface area contributed by atoms with Crippen molar-refractivity contribution in [1.82, 2.24) is 4.98 Å². The molecule has 0 unspecified atom stereocenters. The SMILES string of the molecule is CCC(C)(C)c1c[nH]c2c(CCC3CC3)c(F)ccc12. The van der Waals surface area contributed by atoms with E-state index in [0.29, 0.717) is 0 Å². The molecule has 3 rings (SSSR count). The average Bonchev–Trinajstić information content (AvgIpc) is 3.14. The van der Waals surface area contributed by atoms with E-state index in [2.05, 4.69) is 32.0 Å². The third-order valence-electron chi connectivity index (χ3n) is 5.02. The summed E-state index contributed by atoms with van der Waals surface area (Å²) in [5.74, 6) is 0.784. The van der Waals surface area contributed by atoms with Crippen molar-refractivity contribution >= 4 is 10.9 Å². The molecule has 0 amide bonds. The van der Waals surface area contributed by atoms with Crippen LogP contribution in [0, 0.1) is 11.7 Å². The fourth-order valence-electron chi connectivity index (χ4n) is 2.98. The van der Waals surface area contributed by atoms with Crippen LogP contribution in [0.25, 0.3) is 10.9 Å². The normalized spacial score (nSPS) is 16.0. The maximum Gasteiger partial charge on any atom is 0.128 e. The van der Waals surface area contributed by atoms with Crippen LogP contribution in [0.5, 0.6) is 0 Å². The van der Waals surface area contributed by atoms with Crippen molar-refractivity contribution in [1.29, 1.82) is 0 Å². The van der Waals surface area contributed by atoms with E-state index in [0.717, 1.165) is 36.3 Å². The van der Waals surface area contributed by atoms with Crippen LogP contribution in [0.1, 0.15) is 57.6 Å². The lowest BCUT2D eigenvalue weighted by molar-refractivity contribution is 0.510. The minimum Gasteiger partial charge on any atom is -0.361 e. The summed E-state index contributed by atoms with van der Waals surface area (Å²) in [6.45, 7) is 6.71. The lowest BCUT2D eigenvalue weighted by atomic mass is 9.82. The van der Waals surface area contributed by atoms with E-state index in [-0.39, 0.29) is 11.2 Å². The predicted octanol–water partition coefficient (Wildman–Crippen LogP) is 5.34. The Morgan fingerprint density at radius 2 is 2.05 bits per heavy atom. The molecular formula is C18H24FN. The van der Waals surface area contributed by atoms with Crippen molar-refractivity contribution < 1.29 is 4.39 Å². The molecule has 20 heavy (non-hydrogen) atoms. The molecule has 1 fully saturated rings. The molecule has 2 heteroatoms. The molecule has 0 radical (unpaired) electrons. The zero-order valence-electron chi connectivity index (χ0n) is 12.7. The first-order valence-corrected chi connectivity index (χ1v) is 7.82. The second-order valence-electron chi connectivity index (χ2n) is 6.87. The van der Waals surface area contributed by atoms with Crippen LogP contribution in [0.3, 0.4) is 0 Å². The second-order valence-corrected chi connectivity index (χ2v) is 6.87. The maximum absolute atomic E-state index is 14.2. The molecule has 0 saturated heterocycles. The number of hydrogen-bond acceptors (Lipinski definition) is 0. The number of hydrogen-bond donors (Lipinski definition) is 1. The van der Waals surface area contributed by atoms with E-state index in [1.807, 2.05) is 6.07 Å². The first kappa shape index (κ1) is 13.7. The number of rotatable bonds is 5. The molecule has 1 heterocycles. The topological polar surface area (TPSA) is 15.8 Å². The van der Waals surface area contributed by atoms with Gasteiger partial charge < -0.3 is 4.98 Å². The van der Waals surface area contributed by atoms with Gasteiger partial charge in [-0.05, 0) is 48.3 Å². The summed E-state index contributed by atoms with van der Waals surface area (Å²) in [4.78, 5) is 3.34. The summed E-state index contributed by atoms with van der Waals surface area (Å²) in [5.41, 5.74) is 3.33. The first-order chi connectivity index (χ1) is 9.53. The van der Waals surface area contributed by atoms with Gasteiger partial charge in [-0.15, -0.1) is 0 Å².